The summed E-state index contributed by atoms with van der Waals surface area (Å²) in [4.78, 5) is 0. The summed E-state index contributed by atoms with van der Waals surface area (Å²) < 4.78 is 24.9. The molecule has 20 heavy (non-hydrogen) atoms. The van der Waals surface area contributed by atoms with E-state index in [4.69, 9.17) is 9.47 Å². The zero-order valence-electron chi connectivity index (χ0n) is 11.2. The Labute approximate surface area is 125 Å². The van der Waals surface area contributed by atoms with Crippen molar-refractivity contribution >= 4 is 21.6 Å². The Kier molecular flexibility index (Phi) is 4.84. The van der Waals surface area contributed by atoms with Gasteiger partial charge in [-0.05, 0) is 30.3 Å². The molecular formula is C15H15BrFNO2. The van der Waals surface area contributed by atoms with Crippen molar-refractivity contribution in [1.29, 1.82) is 0 Å². The molecule has 5 heteroatoms. The van der Waals surface area contributed by atoms with Gasteiger partial charge in [-0.1, -0.05) is 15.9 Å². The monoisotopic (exact) mass is 339 g/mol. The molecule has 2 aromatic rings. The van der Waals surface area contributed by atoms with Gasteiger partial charge in [-0.3, -0.25) is 0 Å². The Morgan fingerprint density at radius 1 is 1.10 bits per heavy atom. The second-order valence-corrected chi connectivity index (χ2v) is 5.07. The van der Waals surface area contributed by atoms with Gasteiger partial charge in [-0.2, -0.15) is 0 Å². The highest BCUT2D eigenvalue weighted by molar-refractivity contribution is 9.10. The van der Waals surface area contributed by atoms with Gasteiger partial charge in [0.2, 0.25) is 0 Å². The lowest BCUT2D eigenvalue weighted by atomic mass is 10.2. The van der Waals surface area contributed by atoms with Crippen LogP contribution in [-0.2, 0) is 6.54 Å². The molecule has 0 aliphatic rings. The summed E-state index contributed by atoms with van der Waals surface area (Å²) in [6.45, 7) is 0.464. The summed E-state index contributed by atoms with van der Waals surface area (Å²) in [5.41, 5.74) is 1.38. The summed E-state index contributed by atoms with van der Waals surface area (Å²) in [6.07, 6.45) is 0. The standard InChI is InChI=1S/C15H15BrFNO2/c1-19-12-5-3-10(15(8-12)20-2)9-18-14-6-4-11(16)7-13(14)17/h3-8,18H,9H2,1-2H3. The molecule has 0 atom stereocenters. The molecule has 0 radical (unpaired) electrons. The third-order valence-corrected chi connectivity index (χ3v) is 3.39. The Bertz CT molecular complexity index is 604. The quantitative estimate of drug-likeness (QED) is 0.884. The van der Waals surface area contributed by atoms with Crippen molar-refractivity contribution in [3.63, 3.8) is 0 Å². The highest BCUT2D eigenvalue weighted by Gasteiger charge is 2.07. The van der Waals surface area contributed by atoms with Crippen molar-refractivity contribution in [3.8, 4) is 11.5 Å². The van der Waals surface area contributed by atoms with Crippen LogP contribution < -0.4 is 14.8 Å². The number of benzene rings is 2. The fourth-order valence-electron chi connectivity index (χ4n) is 1.82. The SMILES string of the molecule is COc1ccc(CNc2ccc(Br)cc2F)c(OC)c1. The van der Waals surface area contributed by atoms with E-state index >= 15 is 0 Å². The second kappa shape index (κ2) is 6.61. The summed E-state index contributed by atoms with van der Waals surface area (Å²) >= 11 is 3.23. The zero-order valence-corrected chi connectivity index (χ0v) is 12.8. The molecule has 106 valence electrons. The van der Waals surface area contributed by atoms with Crippen molar-refractivity contribution in [2.45, 2.75) is 6.54 Å². The Morgan fingerprint density at radius 3 is 2.55 bits per heavy atom. The van der Waals surface area contributed by atoms with Gasteiger partial charge in [0.15, 0.2) is 0 Å². The van der Waals surface area contributed by atoms with E-state index in [9.17, 15) is 4.39 Å². The van der Waals surface area contributed by atoms with Crippen LogP contribution in [-0.4, -0.2) is 14.2 Å². The van der Waals surface area contributed by atoms with E-state index in [1.54, 1.807) is 32.4 Å². The van der Waals surface area contributed by atoms with Crippen molar-refractivity contribution in [2.75, 3.05) is 19.5 Å². The molecule has 0 saturated heterocycles. The van der Waals surface area contributed by atoms with E-state index in [1.165, 1.54) is 6.07 Å². The number of ether oxygens (including phenoxy) is 2. The lowest BCUT2D eigenvalue weighted by Crippen LogP contribution is -2.03. The van der Waals surface area contributed by atoms with Crippen LogP contribution in [0, 0.1) is 5.82 Å². The predicted molar refractivity (Wildman–Crippen MR) is 81.0 cm³/mol. The van der Waals surface area contributed by atoms with E-state index in [0.717, 1.165) is 11.3 Å². The number of anilines is 1. The third kappa shape index (κ3) is 3.42. The van der Waals surface area contributed by atoms with E-state index < -0.39 is 0 Å². The Hall–Kier alpha value is -1.75. The van der Waals surface area contributed by atoms with Crippen LogP contribution in [0.5, 0.6) is 11.5 Å². The van der Waals surface area contributed by atoms with Gasteiger partial charge in [0, 0.05) is 22.6 Å². The maximum Gasteiger partial charge on any atom is 0.147 e. The number of methoxy groups -OCH3 is 2. The minimum absolute atomic E-state index is 0.299. The first-order chi connectivity index (χ1) is 9.63. The van der Waals surface area contributed by atoms with Crippen LogP contribution in [0.25, 0.3) is 0 Å². The van der Waals surface area contributed by atoms with Gasteiger partial charge >= 0.3 is 0 Å². The van der Waals surface area contributed by atoms with E-state index in [2.05, 4.69) is 21.2 Å². The van der Waals surface area contributed by atoms with Crippen LogP contribution in [0.15, 0.2) is 40.9 Å². The average Bonchev–Trinajstić information content (AvgIpc) is 2.46. The Balaban J connectivity index is 2.14. The summed E-state index contributed by atoms with van der Waals surface area (Å²) in [5.74, 6) is 1.13. The van der Waals surface area contributed by atoms with Crippen LogP contribution in [0.2, 0.25) is 0 Å². The van der Waals surface area contributed by atoms with Crippen molar-refractivity contribution < 1.29 is 13.9 Å². The predicted octanol–water partition coefficient (Wildman–Crippen LogP) is 4.22. The molecule has 0 heterocycles. The fourth-order valence-corrected chi connectivity index (χ4v) is 2.15. The molecule has 2 rings (SSSR count). The lowest BCUT2D eigenvalue weighted by Gasteiger charge is -2.12. The molecule has 0 bridgehead atoms. The van der Waals surface area contributed by atoms with Crippen LogP contribution in [0.3, 0.4) is 0 Å². The van der Waals surface area contributed by atoms with Gasteiger partial charge < -0.3 is 14.8 Å². The minimum Gasteiger partial charge on any atom is -0.497 e. The molecule has 3 nitrogen and oxygen atoms in total. The van der Waals surface area contributed by atoms with Crippen molar-refractivity contribution in [1.82, 2.24) is 0 Å². The molecule has 0 fully saturated rings. The molecule has 2 aromatic carbocycles. The zero-order chi connectivity index (χ0) is 14.5. The molecule has 0 saturated carbocycles. The highest BCUT2D eigenvalue weighted by atomic mass is 79.9. The summed E-state index contributed by atoms with van der Waals surface area (Å²) in [6, 6.07) is 10.4. The van der Waals surface area contributed by atoms with Gasteiger partial charge in [0.1, 0.15) is 17.3 Å². The molecule has 0 spiro atoms. The van der Waals surface area contributed by atoms with Crippen molar-refractivity contribution in [2.24, 2.45) is 0 Å². The summed E-state index contributed by atoms with van der Waals surface area (Å²) in [7, 11) is 3.20. The first-order valence-electron chi connectivity index (χ1n) is 6.04. The Morgan fingerprint density at radius 2 is 1.90 bits per heavy atom. The number of rotatable bonds is 5. The first-order valence-corrected chi connectivity index (χ1v) is 6.83. The van der Waals surface area contributed by atoms with Crippen LogP contribution >= 0.6 is 15.9 Å². The second-order valence-electron chi connectivity index (χ2n) is 4.16. The van der Waals surface area contributed by atoms with E-state index in [1.807, 2.05) is 12.1 Å². The molecule has 0 aromatic heterocycles. The maximum absolute atomic E-state index is 13.7. The number of hydrogen-bond donors (Lipinski definition) is 1. The van der Waals surface area contributed by atoms with Gasteiger partial charge in [0.05, 0.1) is 19.9 Å². The fraction of sp³-hybridized carbons (Fsp3) is 0.200. The topological polar surface area (TPSA) is 30.5 Å². The van der Waals surface area contributed by atoms with E-state index in [0.29, 0.717) is 22.5 Å². The number of nitrogens with one attached hydrogen (secondary N) is 1. The highest BCUT2D eigenvalue weighted by Crippen LogP contribution is 2.26. The largest absolute Gasteiger partial charge is 0.497 e. The van der Waals surface area contributed by atoms with Crippen LogP contribution in [0.4, 0.5) is 10.1 Å². The molecule has 0 unspecified atom stereocenters. The lowest BCUT2D eigenvalue weighted by molar-refractivity contribution is 0.391. The molecule has 0 amide bonds. The van der Waals surface area contributed by atoms with Gasteiger partial charge in [-0.15, -0.1) is 0 Å². The average molecular weight is 340 g/mol. The molecular weight excluding hydrogens is 325 g/mol. The first kappa shape index (κ1) is 14.7. The molecule has 0 aliphatic heterocycles. The van der Waals surface area contributed by atoms with Gasteiger partial charge in [-0.25, -0.2) is 4.39 Å². The number of halogens is 2. The van der Waals surface area contributed by atoms with Gasteiger partial charge in [0.25, 0.3) is 0 Å². The smallest absolute Gasteiger partial charge is 0.147 e. The minimum atomic E-state index is -0.299. The number of hydrogen-bond acceptors (Lipinski definition) is 3. The normalized spacial score (nSPS) is 10.2. The molecule has 0 aliphatic carbocycles. The van der Waals surface area contributed by atoms with Crippen molar-refractivity contribution in [3.05, 3.63) is 52.3 Å². The molecule has 1 N–H and O–H groups in total. The summed E-state index contributed by atoms with van der Waals surface area (Å²) in [5, 5.41) is 3.05. The maximum atomic E-state index is 13.7. The third-order valence-electron chi connectivity index (χ3n) is 2.89. The van der Waals surface area contributed by atoms with Crippen LogP contribution in [0.1, 0.15) is 5.56 Å². The van der Waals surface area contributed by atoms with E-state index in [-0.39, 0.29) is 5.82 Å².